The Balaban J connectivity index is 1.80. The van der Waals surface area contributed by atoms with Crippen molar-refractivity contribution >= 4 is 11.7 Å². The lowest BCUT2D eigenvalue weighted by Gasteiger charge is -2.06. The Labute approximate surface area is 100 Å². The molecule has 90 valence electrons. The predicted molar refractivity (Wildman–Crippen MR) is 66.2 cm³/mol. The summed E-state index contributed by atoms with van der Waals surface area (Å²) in [6.07, 6.45) is 8.65. The van der Waals surface area contributed by atoms with Gasteiger partial charge in [0, 0.05) is 6.54 Å². The molecule has 0 saturated carbocycles. The van der Waals surface area contributed by atoms with Crippen LogP contribution in [0.5, 0.6) is 0 Å². The first-order valence-corrected chi connectivity index (χ1v) is 5.87. The standard InChI is InChI=1S/C13H16N2O2/c16-13(17)12-6-5-11(9-15-12)14-8-7-10-3-1-2-4-10/h3,5-6,9,14H,1-2,4,7-8H2,(H,16,17). The third-order valence-corrected chi connectivity index (χ3v) is 2.89. The van der Waals surface area contributed by atoms with E-state index in [9.17, 15) is 4.79 Å². The van der Waals surface area contributed by atoms with Crippen LogP contribution in [0.4, 0.5) is 5.69 Å². The van der Waals surface area contributed by atoms with E-state index in [-0.39, 0.29) is 5.69 Å². The quantitative estimate of drug-likeness (QED) is 0.766. The number of pyridine rings is 1. The molecule has 0 atom stereocenters. The average Bonchev–Trinajstić information content (AvgIpc) is 2.83. The number of allylic oxidation sites excluding steroid dienone is 1. The Hall–Kier alpha value is -1.84. The number of carboxylic acids is 1. The van der Waals surface area contributed by atoms with E-state index in [1.54, 1.807) is 12.3 Å². The lowest BCUT2D eigenvalue weighted by molar-refractivity contribution is 0.0690. The highest BCUT2D eigenvalue weighted by molar-refractivity contribution is 5.85. The normalized spacial score (nSPS) is 14.5. The highest BCUT2D eigenvalue weighted by atomic mass is 16.4. The summed E-state index contributed by atoms with van der Waals surface area (Å²) in [4.78, 5) is 14.5. The molecule has 2 N–H and O–H groups in total. The molecule has 0 aromatic carbocycles. The number of anilines is 1. The first-order chi connectivity index (χ1) is 8.25. The minimum absolute atomic E-state index is 0.0778. The fraction of sp³-hybridized carbons (Fsp3) is 0.385. The minimum Gasteiger partial charge on any atom is -0.477 e. The molecule has 2 rings (SSSR count). The van der Waals surface area contributed by atoms with E-state index in [1.165, 1.54) is 30.9 Å². The fourth-order valence-electron chi connectivity index (χ4n) is 1.96. The summed E-state index contributed by atoms with van der Waals surface area (Å²) in [5.74, 6) is -0.993. The molecule has 0 aliphatic heterocycles. The van der Waals surface area contributed by atoms with E-state index >= 15 is 0 Å². The van der Waals surface area contributed by atoms with Crippen molar-refractivity contribution in [3.63, 3.8) is 0 Å². The molecule has 0 amide bonds. The number of rotatable bonds is 5. The van der Waals surface area contributed by atoms with Crippen molar-refractivity contribution in [1.29, 1.82) is 0 Å². The molecule has 1 heterocycles. The van der Waals surface area contributed by atoms with Crippen molar-refractivity contribution in [3.05, 3.63) is 35.7 Å². The first kappa shape index (κ1) is 11.6. The molecule has 0 bridgehead atoms. The van der Waals surface area contributed by atoms with Crippen molar-refractivity contribution in [2.24, 2.45) is 0 Å². The lowest BCUT2D eigenvalue weighted by Crippen LogP contribution is -2.04. The van der Waals surface area contributed by atoms with Gasteiger partial charge in [-0.2, -0.15) is 0 Å². The van der Waals surface area contributed by atoms with Crippen LogP contribution in [-0.4, -0.2) is 22.6 Å². The molecule has 4 heteroatoms. The smallest absolute Gasteiger partial charge is 0.354 e. The van der Waals surface area contributed by atoms with Crippen molar-refractivity contribution in [2.45, 2.75) is 25.7 Å². The molecule has 1 aliphatic carbocycles. The number of aromatic carboxylic acids is 1. The number of hydrogen-bond acceptors (Lipinski definition) is 3. The lowest BCUT2D eigenvalue weighted by atomic mass is 10.2. The maximum absolute atomic E-state index is 10.6. The zero-order valence-electron chi connectivity index (χ0n) is 9.65. The molecule has 0 spiro atoms. The van der Waals surface area contributed by atoms with E-state index in [2.05, 4.69) is 16.4 Å². The van der Waals surface area contributed by atoms with E-state index in [0.717, 1.165) is 18.7 Å². The summed E-state index contributed by atoms with van der Waals surface area (Å²) in [5.41, 5.74) is 2.47. The van der Waals surface area contributed by atoms with E-state index in [0.29, 0.717) is 0 Å². The van der Waals surface area contributed by atoms with Gasteiger partial charge in [0.05, 0.1) is 11.9 Å². The molecule has 0 fully saturated rings. The van der Waals surface area contributed by atoms with Gasteiger partial charge in [-0.3, -0.25) is 0 Å². The largest absolute Gasteiger partial charge is 0.477 e. The van der Waals surface area contributed by atoms with Gasteiger partial charge in [0.25, 0.3) is 0 Å². The third-order valence-electron chi connectivity index (χ3n) is 2.89. The van der Waals surface area contributed by atoms with Crippen LogP contribution in [0.2, 0.25) is 0 Å². The molecule has 1 aromatic heterocycles. The Morgan fingerprint density at radius 2 is 2.35 bits per heavy atom. The van der Waals surface area contributed by atoms with Crippen molar-refractivity contribution in [2.75, 3.05) is 11.9 Å². The van der Waals surface area contributed by atoms with Crippen LogP contribution in [-0.2, 0) is 0 Å². The van der Waals surface area contributed by atoms with Gasteiger partial charge in [-0.15, -0.1) is 0 Å². The molecule has 1 aromatic rings. The highest BCUT2D eigenvalue weighted by Crippen LogP contribution is 2.20. The molecular formula is C13H16N2O2. The number of nitrogens with one attached hydrogen (secondary N) is 1. The van der Waals surface area contributed by atoms with Crippen LogP contribution >= 0.6 is 0 Å². The Morgan fingerprint density at radius 1 is 1.47 bits per heavy atom. The number of carbonyl (C=O) groups is 1. The summed E-state index contributed by atoms with van der Waals surface area (Å²) in [6.45, 7) is 0.875. The second-order valence-electron chi connectivity index (χ2n) is 4.17. The zero-order chi connectivity index (χ0) is 12.1. The topological polar surface area (TPSA) is 62.2 Å². The molecule has 0 unspecified atom stereocenters. The maximum atomic E-state index is 10.6. The average molecular weight is 232 g/mol. The van der Waals surface area contributed by atoms with Gasteiger partial charge < -0.3 is 10.4 Å². The SMILES string of the molecule is O=C(O)c1ccc(NCCC2=CCCC2)cn1. The van der Waals surface area contributed by atoms with Crippen LogP contribution in [0, 0.1) is 0 Å². The predicted octanol–water partition coefficient (Wildman–Crippen LogP) is 2.69. The monoisotopic (exact) mass is 232 g/mol. The minimum atomic E-state index is -0.993. The van der Waals surface area contributed by atoms with Crippen molar-refractivity contribution < 1.29 is 9.90 Å². The van der Waals surface area contributed by atoms with Crippen LogP contribution in [0.3, 0.4) is 0 Å². The van der Waals surface area contributed by atoms with Gasteiger partial charge in [-0.1, -0.05) is 11.6 Å². The van der Waals surface area contributed by atoms with Crippen LogP contribution in [0.15, 0.2) is 30.0 Å². The van der Waals surface area contributed by atoms with Crippen LogP contribution in [0.1, 0.15) is 36.2 Å². The Morgan fingerprint density at radius 3 is 2.94 bits per heavy atom. The van der Waals surface area contributed by atoms with Gasteiger partial charge in [-0.05, 0) is 37.8 Å². The van der Waals surface area contributed by atoms with Gasteiger partial charge in [0.2, 0.25) is 0 Å². The van der Waals surface area contributed by atoms with Crippen LogP contribution in [0.25, 0.3) is 0 Å². The molecule has 0 saturated heterocycles. The summed E-state index contributed by atoms with van der Waals surface area (Å²) >= 11 is 0. The highest BCUT2D eigenvalue weighted by Gasteiger charge is 2.05. The summed E-state index contributed by atoms with van der Waals surface area (Å²) in [5, 5.41) is 11.9. The van der Waals surface area contributed by atoms with E-state index < -0.39 is 5.97 Å². The second-order valence-corrected chi connectivity index (χ2v) is 4.17. The maximum Gasteiger partial charge on any atom is 0.354 e. The number of nitrogens with zero attached hydrogens (tertiary/aromatic N) is 1. The molecule has 1 aliphatic rings. The summed E-state index contributed by atoms with van der Waals surface area (Å²) < 4.78 is 0. The number of carboxylic acid groups (broad SMARTS) is 1. The third kappa shape index (κ3) is 3.31. The Kier molecular flexibility index (Phi) is 3.75. The molecule has 0 radical (unpaired) electrons. The molecule has 4 nitrogen and oxygen atoms in total. The van der Waals surface area contributed by atoms with Gasteiger partial charge in [-0.25, -0.2) is 9.78 Å². The summed E-state index contributed by atoms with van der Waals surface area (Å²) in [6, 6.07) is 3.26. The van der Waals surface area contributed by atoms with Crippen molar-refractivity contribution in [3.8, 4) is 0 Å². The first-order valence-electron chi connectivity index (χ1n) is 5.87. The van der Waals surface area contributed by atoms with Crippen molar-refractivity contribution in [1.82, 2.24) is 4.98 Å². The van der Waals surface area contributed by atoms with Gasteiger partial charge in [0.1, 0.15) is 5.69 Å². The fourth-order valence-corrected chi connectivity index (χ4v) is 1.96. The van der Waals surface area contributed by atoms with Gasteiger partial charge in [0.15, 0.2) is 0 Å². The van der Waals surface area contributed by atoms with Gasteiger partial charge >= 0.3 is 5.97 Å². The van der Waals surface area contributed by atoms with E-state index in [1.807, 2.05) is 0 Å². The summed E-state index contributed by atoms with van der Waals surface area (Å²) in [7, 11) is 0. The molecule has 17 heavy (non-hydrogen) atoms. The number of hydrogen-bond donors (Lipinski definition) is 2. The zero-order valence-corrected chi connectivity index (χ0v) is 9.65. The Bertz CT molecular complexity index is 424. The second kappa shape index (κ2) is 5.48. The van der Waals surface area contributed by atoms with E-state index in [4.69, 9.17) is 5.11 Å². The molecular weight excluding hydrogens is 216 g/mol. The number of aromatic nitrogens is 1. The van der Waals surface area contributed by atoms with Crippen LogP contribution < -0.4 is 5.32 Å².